The first-order valence-corrected chi connectivity index (χ1v) is 12.7. The summed E-state index contributed by atoms with van der Waals surface area (Å²) in [4.78, 5) is 8.13. The number of benzene rings is 2. The van der Waals surface area contributed by atoms with Crippen molar-refractivity contribution >= 4 is 66.3 Å². The maximum Gasteiger partial charge on any atom is 0.184 e. The van der Waals surface area contributed by atoms with E-state index in [9.17, 15) is 19.0 Å². The molecule has 6 nitrogen and oxygen atoms in total. The molecule has 2 aromatic heterocycles. The topological polar surface area (TPSA) is 84.7 Å². The van der Waals surface area contributed by atoms with Gasteiger partial charge in [0.25, 0.3) is 0 Å². The number of hydrogen-bond acceptors (Lipinski definition) is 8. The van der Waals surface area contributed by atoms with E-state index in [0.717, 1.165) is 20.5 Å². The van der Waals surface area contributed by atoms with Crippen molar-refractivity contribution in [2.75, 3.05) is 13.2 Å². The first-order valence-electron chi connectivity index (χ1n) is 10.3. The Labute approximate surface area is 210 Å². The molecule has 0 unspecified atom stereocenters. The molecule has 6 rings (SSSR count). The van der Waals surface area contributed by atoms with E-state index in [1.807, 2.05) is 13.8 Å². The van der Waals surface area contributed by atoms with Crippen LogP contribution in [0.1, 0.15) is 36.8 Å². The fraction of sp³-hybridized carbons (Fsp3) is 0.364. The van der Waals surface area contributed by atoms with E-state index >= 15 is 0 Å². The van der Waals surface area contributed by atoms with Crippen molar-refractivity contribution in [3.8, 4) is 11.5 Å². The van der Waals surface area contributed by atoms with Gasteiger partial charge >= 0.3 is 0 Å². The smallest absolute Gasteiger partial charge is 0.184 e. The fourth-order valence-electron chi connectivity index (χ4n) is 4.36. The summed E-state index contributed by atoms with van der Waals surface area (Å²) in [7, 11) is 0. The number of aliphatic hydroxyl groups is 2. The molecule has 2 aliphatic heterocycles. The molecule has 0 bridgehead atoms. The van der Waals surface area contributed by atoms with Gasteiger partial charge in [-0.15, -0.1) is 22.7 Å². The lowest BCUT2D eigenvalue weighted by Gasteiger charge is -2.10. The molecular weight excluding hydrogens is 529 g/mol. The average Bonchev–Trinajstić information content (AvgIpc) is 3.52. The van der Waals surface area contributed by atoms with Gasteiger partial charge in [0.15, 0.2) is 32.1 Å². The molecule has 0 saturated heterocycles. The van der Waals surface area contributed by atoms with Crippen molar-refractivity contribution in [1.29, 1.82) is 0 Å². The van der Waals surface area contributed by atoms with Crippen molar-refractivity contribution < 1.29 is 28.5 Å². The molecule has 0 radical (unpaired) electrons. The number of halogens is 4. The number of fused-ring (bicyclic) bond motifs is 6. The first kappa shape index (κ1) is 23.9. The quantitative estimate of drug-likeness (QED) is 0.326. The van der Waals surface area contributed by atoms with Crippen LogP contribution in [0.3, 0.4) is 0 Å². The molecule has 12 heteroatoms. The summed E-state index contributed by atoms with van der Waals surface area (Å²) in [6.45, 7) is 3.53. The summed E-state index contributed by atoms with van der Waals surface area (Å²) in [5.41, 5.74) is 2.63. The third kappa shape index (κ3) is 3.81. The molecule has 0 amide bonds. The van der Waals surface area contributed by atoms with Crippen LogP contribution in [0, 0.1) is 11.6 Å². The van der Waals surface area contributed by atoms with Crippen LogP contribution in [0.25, 0.3) is 20.4 Å². The van der Waals surface area contributed by atoms with Gasteiger partial charge in [0, 0.05) is 35.1 Å². The van der Waals surface area contributed by atoms with Crippen LogP contribution in [0.15, 0.2) is 12.1 Å². The number of nitrogens with zero attached hydrogens (tertiary/aromatic N) is 2. The summed E-state index contributed by atoms with van der Waals surface area (Å²) in [6, 6.07) is 2.64. The zero-order valence-electron chi connectivity index (χ0n) is 17.8. The maximum absolute atomic E-state index is 13.8. The first-order chi connectivity index (χ1) is 16.2. The molecule has 2 aromatic carbocycles. The third-order valence-electron chi connectivity index (χ3n) is 6.12. The second kappa shape index (κ2) is 9.00. The molecule has 4 aromatic rings. The van der Waals surface area contributed by atoms with Gasteiger partial charge < -0.3 is 19.7 Å². The number of ether oxygens (including phenoxy) is 2. The minimum absolute atomic E-state index is 0.0651. The Balaban J connectivity index is 0.000000142. The highest BCUT2D eigenvalue weighted by atomic mass is 35.5. The van der Waals surface area contributed by atoms with Gasteiger partial charge in [0.1, 0.15) is 12.2 Å². The second-order valence-electron chi connectivity index (χ2n) is 8.09. The molecule has 4 heterocycles. The summed E-state index contributed by atoms with van der Waals surface area (Å²) >= 11 is 14.3. The maximum atomic E-state index is 13.8. The Bertz CT molecular complexity index is 1310. The predicted octanol–water partition coefficient (Wildman–Crippen LogP) is 5.89. The molecule has 2 aliphatic rings. The minimum atomic E-state index is -0.447. The Morgan fingerprint density at radius 1 is 0.824 bits per heavy atom. The zero-order valence-corrected chi connectivity index (χ0v) is 21.0. The van der Waals surface area contributed by atoms with Crippen LogP contribution in [-0.4, -0.2) is 45.6 Å². The molecule has 34 heavy (non-hydrogen) atoms. The van der Waals surface area contributed by atoms with E-state index in [1.165, 1.54) is 34.8 Å². The number of aromatic nitrogens is 2. The van der Waals surface area contributed by atoms with Crippen LogP contribution in [0.2, 0.25) is 8.93 Å². The third-order valence-corrected chi connectivity index (χ3v) is 8.54. The van der Waals surface area contributed by atoms with Crippen LogP contribution in [0.4, 0.5) is 8.78 Å². The minimum Gasteiger partial charge on any atom is -0.484 e. The Hall–Kier alpha value is -1.82. The van der Waals surface area contributed by atoms with E-state index < -0.39 is 23.8 Å². The van der Waals surface area contributed by atoms with Crippen molar-refractivity contribution in [2.24, 2.45) is 0 Å². The van der Waals surface area contributed by atoms with Crippen LogP contribution in [-0.2, 0) is 0 Å². The molecule has 0 aliphatic carbocycles. The lowest BCUT2D eigenvalue weighted by atomic mass is 9.97. The monoisotopic (exact) mass is 546 g/mol. The summed E-state index contributed by atoms with van der Waals surface area (Å²) in [6.07, 6.45) is -0.794. The molecular formula is C22H18Cl2F2N2O4S2. The van der Waals surface area contributed by atoms with Gasteiger partial charge in [0.05, 0.1) is 33.6 Å². The molecule has 4 atom stereocenters. The molecule has 180 valence electrons. The van der Waals surface area contributed by atoms with Gasteiger partial charge in [-0.1, -0.05) is 37.0 Å². The van der Waals surface area contributed by atoms with Gasteiger partial charge in [0.2, 0.25) is 0 Å². The summed E-state index contributed by atoms with van der Waals surface area (Å²) in [5.74, 6) is -0.572. The average molecular weight is 547 g/mol. The highest BCUT2D eigenvalue weighted by molar-refractivity contribution is 7.22. The lowest BCUT2D eigenvalue weighted by Crippen LogP contribution is -2.21. The standard InChI is InChI=1S/2C11H9ClFNO2S/c2*1-4-7(3-15)16-9-5(13)2-6-10(8(4)9)17-11(12)14-6/h2*2,4,7,15H,3H2,1H3/t2*4-,7-/m10/s1. The largest absolute Gasteiger partial charge is 0.484 e. The van der Waals surface area contributed by atoms with E-state index in [0.29, 0.717) is 20.0 Å². The number of rotatable bonds is 2. The zero-order chi connectivity index (χ0) is 24.3. The van der Waals surface area contributed by atoms with Crippen LogP contribution in [0.5, 0.6) is 11.5 Å². The summed E-state index contributed by atoms with van der Waals surface area (Å²) < 4.78 is 41.0. The van der Waals surface area contributed by atoms with E-state index in [-0.39, 0.29) is 36.5 Å². The Kier molecular flexibility index (Phi) is 6.33. The van der Waals surface area contributed by atoms with E-state index in [4.69, 9.17) is 32.7 Å². The molecule has 0 fully saturated rings. The number of aliphatic hydroxyl groups excluding tert-OH is 2. The van der Waals surface area contributed by atoms with Gasteiger partial charge in [-0.3, -0.25) is 0 Å². The highest BCUT2D eigenvalue weighted by Crippen LogP contribution is 2.47. The fourth-order valence-corrected chi connectivity index (χ4v) is 6.83. The Morgan fingerprint density at radius 2 is 1.21 bits per heavy atom. The summed E-state index contributed by atoms with van der Waals surface area (Å²) in [5, 5.41) is 18.4. The van der Waals surface area contributed by atoms with Crippen molar-refractivity contribution in [3.05, 3.63) is 43.8 Å². The highest BCUT2D eigenvalue weighted by Gasteiger charge is 2.36. The molecule has 2 N–H and O–H groups in total. The lowest BCUT2D eigenvalue weighted by molar-refractivity contribution is 0.117. The normalized spacial score (nSPS) is 22.8. The van der Waals surface area contributed by atoms with E-state index in [1.54, 1.807) is 0 Å². The van der Waals surface area contributed by atoms with Crippen molar-refractivity contribution in [2.45, 2.75) is 37.9 Å². The van der Waals surface area contributed by atoms with Crippen molar-refractivity contribution in [3.63, 3.8) is 0 Å². The number of hydrogen-bond donors (Lipinski definition) is 2. The SMILES string of the molecule is C[C@@H]1c2c(c(F)cc3nc(Cl)sc23)O[C@H]1CO.C[C@H]1c2c(c(F)cc3nc(Cl)sc23)O[C@@H]1CO. The van der Waals surface area contributed by atoms with Crippen LogP contribution < -0.4 is 9.47 Å². The van der Waals surface area contributed by atoms with E-state index in [2.05, 4.69) is 9.97 Å². The van der Waals surface area contributed by atoms with Crippen LogP contribution >= 0.6 is 45.9 Å². The number of thiazole rings is 2. The van der Waals surface area contributed by atoms with Gasteiger partial charge in [-0.2, -0.15) is 0 Å². The predicted molar refractivity (Wildman–Crippen MR) is 129 cm³/mol. The second-order valence-corrected chi connectivity index (χ2v) is 11.3. The van der Waals surface area contributed by atoms with Gasteiger partial charge in [-0.25, -0.2) is 18.7 Å². The van der Waals surface area contributed by atoms with Crippen molar-refractivity contribution in [1.82, 2.24) is 9.97 Å². The molecule has 0 spiro atoms. The van der Waals surface area contributed by atoms with Gasteiger partial charge in [-0.05, 0) is 0 Å². The Morgan fingerprint density at radius 3 is 1.56 bits per heavy atom. The molecule has 0 saturated carbocycles.